The van der Waals surface area contributed by atoms with Gasteiger partial charge in [0.1, 0.15) is 17.5 Å². The lowest BCUT2D eigenvalue weighted by Gasteiger charge is -2.37. The normalized spacial score (nSPS) is 20.4. The summed E-state index contributed by atoms with van der Waals surface area (Å²) < 4.78 is 30.5. The highest BCUT2D eigenvalue weighted by atomic mass is 19.1. The Bertz CT molecular complexity index is 1250. The summed E-state index contributed by atoms with van der Waals surface area (Å²) in [6.07, 6.45) is 10.7. The van der Waals surface area contributed by atoms with Gasteiger partial charge in [-0.1, -0.05) is 44.7 Å². The van der Waals surface area contributed by atoms with Crippen molar-refractivity contribution in [1.29, 1.82) is 0 Å². The molecule has 210 valence electrons. The Morgan fingerprint density at radius 2 is 1.72 bits per heavy atom. The topological polar surface area (TPSA) is 41.4 Å². The summed E-state index contributed by atoms with van der Waals surface area (Å²) in [4.78, 5) is 22.8. The van der Waals surface area contributed by atoms with Gasteiger partial charge in [0.15, 0.2) is 0 Å². The SMILES string of the molecule is CCCCN(Cc1nc2ccccc2n1CC1CCCCC1CN1CCCCC1)C(=O)c1ccc(F)cc1F. The molecular formula is C32H42F2N4O. The molecule has 5 nitrogen and oxygen atoms in total. The number of likely N-dealkylation sites (tertiary alicyclic amines) is 1. The van der Waals surface area contributed by atoms with E-state index >= 15 is 0 Å². The van der Waals surface area contributed by atoms with Crippen LogP contribution >= 0.6 is 0 Å². The van der Waals surface area contributed by atoms with E-state index in [4.69, 9.17) is 4.98 Å². The van der Waals surface area contributed by atoms with Crippen LogP contribution in [0.3, 0.4) is 0 Å². The Labute approximate surface area is 231 Å². The van der Waals surface area contributed by atoms with E-state index in [2.05, 4.69) is 22.5 Å². The number of hydrogen-bond donors (Lipinski definition) is 0. The summed E-state index contributed by atoms with van der Waals surface area (Å²) in [5.41, 5.74) is 1.92. The first-order chi connectivity index (χ1) is 19.0. The average Bonchev–Trinajstić information content (AvgIpc) is 3.29. The molecule has 0 N–H and O–H groups in total. The number of para-hydroxylation sites is 2. The van der Waals surface area contributed by atoms with E-state index in [1.54, 1.807) is 4.90 Å². The molecule has 1 saturated heterocycles. The van der Waals surface area contributed by atoms with Gasteiger partial charge in [-0.2, -0.15) is 0 Å². The molecule has 1 saturated carbocycles. The van der Waals surface area contributed by atoms with Crippen LogP contribution in [0.4, 0.5) is 8.78 Å². The Morgan fingerprint density at radius 3 is 2.46 bits per heavy atom. The lowest BCUT2D eigenvalue weighted by atomic mass is 9.78. The molecule has 1 amide bonds. The number of carbonyl (C=O) groups excluding carboxylic acids is 1. The zero-order chi connectivity index (χ0) is 27.2. The van der Waals surface area contributed by atoms with Gasteiger partial charge in [-0.05, 0) is 81.3 Å². The molecule has 2 unspecified atom stereocenters. The van der Waals surface area contributed by atoms with Crippen molar-refractivity contribution in [3.05, 3.63) is 65.5 Å². The third kappa shape index (κ3) is 6.68. The number of piperidine rings is 1. The summed E-state index contributed by atoms with van der Waals surface area (Å²) in [7, 11) is 0. The van der Waals surface area contributed by atoms with E-state index in [-0.39, 0.29) is 5.56 Å². The maximum absolute atomic E-state index is 14.6. The van der Waals surface area contributed by atoms with Crippen LogP contribution in [0.2, 0.25) is 0 Å². The van der Waals surface area contributed by atoms with Crippen molar-refractivity contribution < 1.29 is 13.6 Å². The lowest BCUT2D eigenvalue weighted by Crippen LogP contribution is -2.39. The van der Waals surface area contributed by atoms with Gasteiger partial charge in [0, 0.05) is 25.7 Å². The van der Waals surface area contributed by atoms with Crippen molar-refractivity contribution in [1.82, 2.24) is 19.4 Å². The number of fused-ring (bicyclic) bond motifs is 1. The average molecular weight is 537 g/mol. The van der Waals surface area contributed by atoms with Crippen molar-refractivity contribution in [2.24, 2.45) is 11.8 Å². The number of halogens is 2. The Balaban J connectivity index is 1.42. The highest BCUT2D eigenvalue weighted by Gasteiger charge is 2.30. The van der Waals surface area contributed by atoms with Gasteiger partial charge in [0.2, 0.25) is 0 Å². The number of carbonyl (C=O) groups is 1. The van der Waals surface area contributed by atoms with Crippen LogP contribution in [0.1, 0.15) is 80.9 Å². The predicted molar refractivity (Wildman–Crippen MR) is 151 cm³/mol. The molecule has 0 radical (unpaired) electrons. The number of rotatable bonds is 10. The zero-order valence-electron chi connectivity index (χ0n) is 23.3. The minimum atomic E-state index is -0.822. The number of benzene rings is 2. The molecule has 2 heterocycles. The number of nitrogens with zero attached hydrogens (tertiary/aromatic N) is 4. The van der Waals surface area contributed by atoms with E-state index < -0.39 is 17.5 Å². The summed E-state index contributed by atoms with van der Waals surface area (Å²) >= 11 is 0. The molecule has 1 aliphatic carbocycles. The first kappa shape index (κ1) is 27.8. The first-order valence-electron chi connectivity index (χ1n) is 14.9. The van der Waals surface area contributed by atoms with E-state index in [0.29, 0.717) is 24.9 Å². The Morgan fingerprint density at radius 1 is 0.974 bits per heavy atom. The summed E-state index contributed by atoms with van der Waals surface area (Å²) in [5, 5.41) is 0. The number of unbranched alkanes of at least 4 members (excludes halogenated alkanes) is 1. The smallest absolute Gasteiger partial charge is 0.257 e. The van der Waals surface area contributed by atoms with Gasteiger partial charge in [0.05, 0.1) is 23.1 Å². The Kier molecular flexibility index (Phi) is 9.28. The van der Waals surface area contributed by atoms with Crippen LogP contribution in [0.15, 0.2) is 42.5 Å². The van der Waals surface area contributed by atoms with Crippen molar-refractivity contribution in [2.45, 2.75) is 77.8 Å². The fourth-order valence-electron chi connectivity index (χ4n) is 6.53. The molecular weight excluding hydrogens is 494 g/mol. The van der Waals surface area contributed by atoms with Crippen LogP contribution in [-0.2, 0) is 13.1 Å². The minimum absolute atomic E-state index is 0.0935. The van der Waals surface area contributed by atoms with Crippen molar-refractivity contribution >= 4 is 16.9 Å². The molecule has 2 aliphatic rings. The van der Waals surface area contributed by atoms with Gasteiger partial charge in [0.25, 0.3) is 5.91 Å². The van der Waals surface area contributed by atoms with Gasteiger partial charge in [-0.3, -0.25) is 4.79 Å². The van der Waals surface area contributed by atoms with Gasteiger partial charge in [-0.15, -0.1) is 0 Å². The molecule has 0 spiro atoms. The second-order valence-corrected chi connectivity index (χ2v) is 11.5. The highest BCUT2D eigenvalue weighted by molar-refractivity contribution is 5.94. The molecule has 39 heavy (non-hydrogen) atoms. The van der Waals surface area contributed by atoms with Crippen LogP contribution in [0.5, 0.6) is 0 Å². The van der Waals surface area contributed by atoms with Crippen LogP contribution in [-0.4, -0.2) is 51.4 Å². The first-order valence-corrected chi connectivity index (χ1v) is 14.9. The molecule has 2 atom stereocenters. The summed E-state index contributed by atoms with van der Waals surface area (Å²) in [5.74, 6) is 0.143. The van der Waals surface area contributed by atoms with Crippen LogP contribution in [0, 0.1) is 23.5 Å². The second-order valence-electron chi connectivity index (χ2n) is 11.5. The molecule has 2 aromatic carbocycles. The summed E-state index contributed by atoms with van der Waals surface area (Å²) in [6.45, 7) is 7.37. The summed E-state index contributed by atoms with van der Waals surface area (Å²) in [6, 6.07) is 11.4. The molecule has 2 fully saturated rings. The van der Waals surface area contributed by atoms with Gasteiger partial charge < -0.3 is 14.4 Å². The zero-order valence-corrected chi connectivity index (χ0v) is 23.3. The fourth-order valence-corrected chi connectivity index (χ4v) is 6.53. The number of aromatic nitrogens is 2. The van der Waals surface area contributed by atoms with E-state index in [9.17, 15) is 13.6 Å². The third-order valence-corrected chi connectivity index (χ3v) is 8.72. The number of imidazole rings is 1. The molecule has 3 aromatic rings. The molecule has 1 aromatic heterocycles. The molecule has 7 heteroatoms. The Hall–Kier alpha value is -2.80. The fraction of sp³-hybridized carbons (Fsp3) is 0.562. The van der Waals surface area contributed by atoms with Crippen LogP contribution in [0.25, 0.3) is 11.0 Å². The maximum Gasteiger partial charge on any atom is 0.257 e. The van der Waals surface area contributed by atoms with Gasteiger partial charge in [-0.25, -0.2) is 13.8 Å². The van der Waals surface area contributed by atoms with Gasteiger partial charge >= 0.3 is 0 Å². The maximum atomic E-state index is 14.6. The number of amides is 1. The van der Waals surface area contributed by atoms with Crippen molar-refractivity contribution in [2.75, 3.05) is 26.2 Å². The molecule has 1 aliphatic heterocycles. The quantitative estimate of drug-likeness (QED) is 0.279. The lowest BCUT2D eigenvalue weighted by molar-refractivity contribution is 0.0727. The highest BCUT2D eigenvalue weighted by Crippen LogP contribution is 2.34. The van der Waals surface area contributed by atoms with E-state index in [1.165, 1.54) is 70.6 Å². The monoisotopic (exact) mass is 536 g/mol. The van der Waals surface area contributed by atoms with Crippen LogP contribution < -0.4 is 0 Å². The largest absolute Gasteiger partial charge is 0.331 e. The molecule has 5 rings (SSSR count). The van der Waals surface area contributed by atoms with E-state index in [1.807, 2.05) is 18.2 Å². The van der Waals surface area contributed by atoms with Crippen molar-refractivity contribution in [3.63, 3.8) is 0 Å². The second kappa shape index (κ2) is 13.0. The molecule has 0 bridgehead atoms. The predicted octanol–water partition coefficient (Wildman–Crippen LogP) is 7.05. The number of hydrogen-bond acceptors (Lipinski definition) is 3. The van der Waals surface area contributed by atoms with Crippen molar-refractivity contribution in [3.8, 4) is 0 Å². The standard InChI is InChI=1S/C32H42F2N4O/c1-2-3-19-37(32(39)27-16-15-26(33)20-28(27)34)23-31-35-29-13-7-8-14-30(29)38(31)22-25-12-6-5-11-24(25)21-36-17-9-4-10-18-36/h7-8,13-16,20,24-25H,2-6,9-12,17-19,21-23H2,1H3. The third-order valence-electron chi connectivity index (χ3n) is 8.72. The van der Waals surface area contributed by atoms with E-state index in [0.717, 1.165) is 48.4 Å². The minimum Gasteiger partial charge on any atom is -0.331 e.